The van der Waals surface area contributed by atoms with Gasteiger partial charge < -0.3 is 23.2 Å². The minimum absolute atomic E-state index is 0.110. The summed E-state index contributed by atoms with van der Waals surface area (Å²) < 4.78 is 42.3. The molecular formula is C18H35O8PSi. The van der Waals surface area contributed by atoms with Crippen LogP contribution in [0.2, 0.25) is 18.1 Å². The fourth-order valence-electron chi connectivity index (χ4n) is 2.54. The summed E-state index contributed by atoms with van der Waals surface area (Å²) in [7, 11) is -5.82. The molecule has 1 saturated heterocycles. The van der Waals surface area contributed by atoms with Gasteiger partial charge in [0.2, 0.25) is 13.7 Å². The summed E-state index contributed by atoms with van der Waals surface area (Å²) in [6, 6.07) is 0. The van der Waals surface area contributed by atoms with E-state index in [1.165, 1.54) is 13.8 Å². The van der Waals surface area contributed by atoms with Gasteiger partial charge in [0, 0.05) is 13.8 Å². The molecule has 1 aliphatic heterocycles. The van der Waals surface area contributed by atoms with Crippen LogP contribution in [-0.2, 0) is 37.3 Å². The highest BCUT2D eigenvalue weighted by atomic mass is 31.2. The molecule has 0 aromatic rings. The highest BCUT2D eigenvalue weighted by Crippen LogP contribution is 2.60. The maximum absolute atomic E-state index is 13.9. The van der Waals surface area contributed by atoms with Crippen molar-refractivity contribution in [3.8, 4) is 0 Å². The van der Waals surface area contributed by atoms with E-state index in [4.69, 9.17) is 23.2 Å². The van der Waals surface area contributed by atoms with Crippen LogP contribution >= 0.6 is 7.37 Å². The van der Waals surface area contributed by atoms with Gasteiger partial charge in [0.05, 0.1) is 12.3 Å². The summed E-state index contributed by atoms with van der Waals surface area (Å²) in [6.45, 7) is 16.2. The van der Waals surface area contributed by atoms with Gasteiger partial charge in [-0.25, -0.2) is 0 Å². The Morgan fingerprint density at radius 3 is 2.18 bits per heavy atom. The van der Waals surface area contributed by atoms with Crippen molar-refractivity contribution in [3.05, 3.63) is 0 Å². The molecule has 0 radical (unpaired) electrons. The van der Waals surface area contributed by atoms with E-state index in [2.05, 4.69) is 20.8 Å². The van der Waals surface area contributed by atoms with Crippen molar-refractivity contribution >= 4 is 27.6 Å². The van der Waals surface area contributed by atoms with Crippen molar-refractivity contribution in [1.82, 2.24) is 0 Å². The Morgan fingerprint density at radius 1 is 1.18 bits per heavy atom. The van der Waals surface area contributed by atoms with Crippen molar-refractivity contribution in [1.29, 1.82) is 0 Å². The monoisotopic (exact) mass is 438 g/mol. The van der Waals surface area contributed by atoms with E-state index >= 15 is 0 Å². The Bertz CT molecular complexity index is 613. The second kappa shape index (κ2) is 9.39. The Morgan fingerprint density at radius 2 is 1.75 bits per heavy atom. The topological polar surface area (TPSA) is 97.4 Å². The molecule has 164 valence electrons. The smallest absolute Gasteiger partial charge is 0.304 e. The van der Waals surface area contributed by atoms with E-state index in [0.29, 0.717) is 0 Å². The molecule has 0 aliphatic carbocycles. The number of rotatable bonds is 7. The van der Waals surface area contributed by atoms with Crippen molar-refractivity contribution in [2.45, 2.75) is 90.9 Å². The van der Waals surface area contributed by atoms with Crippen LogP contribution in [0, 0.1) is 0 Å². The normalized spacial score (nSPS) is 28.9. The average Bonchev–Trinajstić information content (AvgIpc) is 2.45. The lowest BCUT2D eigenvalue weighted by Gasteiger charge is -2.46. The molecule has 1 aliphatic rings. The minimum atomic E-state index is -3.46. The number of esters is 2. The van der Waals surface area contributed by atoms with E-state index < -0.39 is 45.9 Å². The fourth-order valence-corrected chi connectivity index (χ4v) is 7.44. The van der Waals surface area contributed by atoms with Crippen LogP contribution in [-0.4, -0.2) is 57.4 Å². The van der Waals surface area contributed by atoms with Crippen LogP contribution in [0.4, 0.5) is 0 Å². The highest BCUT2D eigenvalue weighted by Gasteiger charge is 2.54. The van der Waals surface area contributed by atoms with E-state index in [0.717, 1.165) is 0 Å². The van der Waals surface area contributed by atoms with Crippen LogP contribution in [0.15, 0.2) is 0 Å². The van der Waals surface area contributed by atoms with Gasteiger partial charge >= 0.3 is 11.9 Å². The van der Waals surface area contributed by atoms with E-state index in [1.54, 1.807) is 13.8 Å². The van der Waals surface area contributed by atoms with E-state index in [9.17, 15) is 14.2 Å². The van der Waals surface area contributed by atoms with Crippen LogP contribution in [0.5, 0.6) is 0 Å². The molecule has 0 saturated carbocycles. The zero-order valence-corrected chi connectivity index (χ0v) is 20.3. The first-order valence-electron chi connectivity index (χ1n) is 9.48. The summed E-state index contributed by atoms with van der Waals surface area (Å²) in [5.41, 5.74) is 0. The number of carbonyl (C=O) groups is 2. The van der Waals surface area contributed by atoms with Gasteiger partial charge in [0.1, 0.15) is 12.7 Å². The van der Waals surface area contributed by atoms with Gasteiger partial charge in [0.15, 0.2) is 14.2 Å². The van der Waals surface area contributed by atoms with Gasteiger partial charge in [-0.3, -0.25) is 14.2 Å². The minimum Gasteiger partial charge on any atom is -0.463 e. The summed E-state index contributed by atoms with van der Waals surface area (Å²) in [6.07, 6.45) is -2.37. The number of ether oxygens (including phenoxy) is 3. The predicted molar refractivity (Wildman–Crippen MR) is 108 cm³/mol. The largest absolute Gasteiger partial charge is 0.463 e. The zero-order chi connectivity index (χ0) is 21.9. The SMILES string of the molecule is CC(=O)OC[C@H]1O[C@@H](OC(C)=O)CP(=O)(OC(C)C)[C@@H]1O[Si](C)(C)C(C)(C)C. The van der Waals surface area contributed by atoms with Crippen molar-refractivity contribution in [2.75, 3.05) is 12.8 Å². The molecule has 28 heavy (non-hydrogen) atoms. The standard InChI is InChI=1S/C18H35O8PSi/c1-12(2)25-27(21)11-16(23-14(4)20)24-15(10-22-13(3)19)17(27)26-28(8,9)18(5,6)7/h12,15-17H,10-11H2,1-9H3/t15-,16-,17+,27?/m1/s1. The first-order valence-corrected chi connectivity index (χ1v) is 14.3. The Balaban J connectivity index is 3.30. The van der Waals surface area contributed by atoms with E-state index in [-0.39, 0.29) is 23.9 Å². The van der Waals surface area contributed by atoms with Crippen LogP contribution < -0.4 is 0 Å². The van der Waals surface area contributed by atoms with Gasteiger partial charge in [-0.15, -0.1) is 0 Å². The van der Waals surface area contributed by atoms with Crippen LogP contribution in [0.3, 0.4) is 0 Å². The molecular weight excluding hydrogens is 403 g/mol. The van der Waals surface area contributed by atoms with Crippen molar-refractivity contribution in [3.63, 3.8) is 0 Å². The Labute approximate surface area is 169 Å². The van der Waals surface area contributed by atoms with E-state index in [1.807, 2.05) is 13.1 Å². The predicted octanol–water partition coefficient (Wildman–Crippen LogP) is 3.89. The molecule has 10 heteroatoms. The fraction of sp³-hybridized carbons (Fsp3) is 0.889. The van der Waals surface area contributed by atoms with Gasteiger partial charge in [-0.2, -0.15) is 0 Å². The molecule has 0 N–H and O–H groups in total. The first kappa shape index (κ1) is 25.3. The lowest BCUT2D eigenvalue weighted by Crippen LogP contribution is -2.53. The molecule has 1 heterocycles. The van der Waals surface area contributed by atoms with Gasteiger partial charge in [-0.05, 0) is 32.0 Å². The molecule has 1 unspecified atom stereocenters. The van der Waals surface area contributed by atoms with Gasteiger partial charge in [0.25, 0.3) is 0 Å². The zero-order valence-electron chi connectivity index (χ0n) is 18.4. The number of hydrogen-bond acceptors (Lipinski definition) is 8. The Hall–Kier alpha value is -0.733. The third-order valence-electron chi connectivity index (χ3n) is 4.79. The lowest BCUT2D eigenvalue weighted by molar-refractivity contribution is -0.201. The molecule has 0 aromatic heterocycles. The third-order valence-corrected chi connectivity index (χ3v) is 12.2. The second-order valence-electron chi connectivity index (χ2n) is 8.85. The average molecular weight is 439 g/mol. The second-order valence-corrected chi connectivity index (χ2v) is 16.1. The number of hydrogen-bond donors (Lipinski definition) is 0. The Kier molecular flexibility index (Phi) is 8.48. The molecule has 0 aromatic carbocycles. The lowest BCUT2D eigenvalue weighted by atomic mass is 10.2. The molecule has 8 nitrogen and oxygen atoms in total. The maximum Gasteiger partial charge on any atom is 0.304 e. The molecule has 4 atom stereocenters. The maximum atomic E-state index is 13.9. The van der Waals surface area contributed by atoms with Crippen molar-refractivity contribution < 1.29 is 37.3 Å². The van der Waals surface area contributed by atoms with Crippen LogP contribution in [0.25, 0.3) is 0 Å². The highest BCUT2D eigenvalue weighted by molar-refractivity contribution is 7.59. The molecule has 1 rings (SSSR count). The van der Waals surface area contributed by atoms with Crippen LogP contribution in [0.1, 0.15) is 48.5 Å². The molecule has 0 bridgehead atoms. The summed E-state index contributed by atoms with van der Waals surface area (Å²) in [4.78, 5) is 22.8. The number of carbonyl (C=O) groups excluding carboxylic acids is 2. The molecule has 0 amide bonds. The van der Waals surface area contributed by atoms with Crippen molar-refractivity contribution in [2.24, 2.45) is 0 Å². The third kappa shape index (κ3) is 6.95. The summed E-state index contributed by atoms with van der Waals surface area (Å²) >= 11 is 0. The van der Waals surface area contributed by atoms with Gasteiger partial charge in [-0.1, -0.05) is 20.8 Å². The quantitative estimate of drug-likeness (QED) is 0.335. The molecule has 1 fully saturated rings. The summed E-state index contributed by atoms with van der Waals surface area (Å²) in [5.74, 6) is -1.97. The first-order chi connectivity index (χ1) is 12.6. The molecule has 0 spiro atoms. The summed E-state index contributed by atoms with van der Waals surface area (Å²) in [5, 5.41) is -0.144.